The molecule has 0 aliphatic carbocycles. The number of azo groups is 1. The van der Waals surface area contributed by atoms with E-state index >= 15 is 0 Å². The molecule has 0 spiro atoms. The minimum atomic E-state index is -3.98. The molecule has 1 atom stereocenters. The van der Waals surface area contributed by atoms with Crippen molar-refractivity contribution in [3.63, 3.8) is 0 Å². The highest BCUT2D eigenvalue weighted by Gasteiger charge is 2.50. The third-order valence-electron chi connectivity index (χ3n) is 3.93. The largest absolute Gasteiger partial charge is 0.224 e. The summed E-state index contributed by atoms with van der Waals surface area (Å²) in [6, 6.07) is 15.6. The topological polar surface area (TPSA) is 93.0 Å². The summed E-state index contributed by atoms with van der Waals surface area (Å²) in [6.07, 6.45) is 0.0519. The van der Waals surface area contributed by atoms with Crippen molar-refractivity contribution in [1.29, 1.82) is 0 Å². The number of rotatable bonds is 5. The average Bonchev–Trinajstić information content (AvgIpc) is 3.06. The molecule has 3 rings (SSSR count). The maximum absolute atomic E-state index is 13.0. The second kappa shape index (κ2) is 6.10. The van der Waals surface area contributed by atoms with E-state index in [0.717, 1.165) is 0 Å². The number of hydrogen-bond acceptors (Lipinski definition) is 6. The minimum absolute atomic E-state index is 0.0501. The highest BCUT2D eigenvalue weighted by atomic mass is 32.2. The fraction of sp³-hybridized carbons (Fsp3) is 0.250. The van der Waals surface area contributed by atoms with Crippen LogP contribution in [0.2, 0.25) is 0 Å². The molecule has 24 heavy (non-hydrogen) atoms. The second-order valence-electron chi connectivity index (χ2n) is 5.55. The summed E-state index contributed by atoms with van der Waals surface area (Å²) in [7, 11) is -7.81. The van der Waals surface area contributed by atoms with Crippen LogP contribution < -0.4 is 0 Å². The van der Waals surface area contributed by atoms with Crippen LogP contribution in [0.15, 0.2) is 80.7 Å². The van der Waals surface area contributed by atoms with Gasteiger partial charge in [-0.25, -0.2) is 16.8 Å². The summed E-state index contributed by atoms with van der Waals surface area (Å²) in [4.78, 5) is -1.65. The Kier molecular flexibility index (Phi) is 4.27. The van der Waals surface area contributed by atoms with Crippen LogP contribution in [-0.4, -0.2) is 34.0 Å². The molecule has 0 aromatic heterocycles. The molecule has 0 saturated carbocycles. The molecule has 2 aromatic rings. The number of hydrogen-bond donors (Lipinski definition) is 0. The Balaban J connectivity index is 2.07. The van der Waals surface area contributed by atoms with E-state index in [2.05, 4.69) is 10.2 Å². The third-order valence-corrected chi connectivity index (χ3v) is 8.28. The minimum Gasteiger partial charge on any atom is -0.224 e. The molecular formula is C16H16N2O4S2. The van der Waals surface area contributed by atoms with Crippen LogP contribution in [0.1, 0.15) is 6.42 Å². The van der Waals surface area contributed by atoms with Gasteiger partial charge in [0.1, 0.15) is 0 Å². The zero-order valence-electron chi connectivity index (χ0n) is 12.7. The lowest BCUT2D eigenvalue weighted by molar-refractivity contribution is 0.528. The molecule has 0 fully saturated rings. The summed E-state index contributed by atoms with van der Waals surface area (Å²) >= 11 is 0. The van der Waals surface area contributed by atoms with Crippen molar-refractivity contribution in [2.75, 3.05) is 12.3 Å². The van der Waals surface area contributed by atoms with Gasteiger partial charge in [-0.05, 0) is 24.3 Å². The lowest BCUT2D eigenvalue weighted by atomic mass is 10.2. The molecule has 8 heteroatoms. The second-order valence-corrected chi connectivity index (χ2v) is 9.78. The summed E-state index contributed by atoms with van der Waals surface area (Å²) in [5.74, 6) is -0.620. The maximum atomic E-state index is 13.0. The molecule has 1 aliphatic rings. The van der Waals surface area contributed by atoms with Gasteiger partial charge < -0.3 is 0 Å². The van der Waals surface area contributed by atoms with Gasteiger partial charge in [0.05, 0.1) is 22.1 Å². The quantitative estimate of drug-likeness (QED) is 0.815. The average molecular weight is 364 g/mol. The highest BCUT2D eigenvalue weighted by Crippen LogP contribution is 2.36. The third kappa shape index (κ3) is 2.87. The number of sulfone groups is 2. The van der Waals surface area contributed by atoms with Crippen molar-refractivity contribution in [3.05, 3.63) is 60.7 Å². The predicted molar refractivity (Wildman–Crippen MR) is 89.2 cm³/mol. The maximum Gasteiger partial charge on any atom is 0.207 e. The molecule has 0 amide bonds. The van der Waals surface area contributed by atoms with Gasteiger partial charge in [-0.3, -0.25) is 0 Å². The molecule has 126 valence electrons. The SMILES string of the molecule is O=S(=O)(CC1(S(=O)(=O)c2ccccc2)CCN=N1)c1ccccc1. The monoisotopic (exact) mass is 364 g/mol. The molecule has 1 aliphatic heterocycles. The van der Waals surface area contributed by atoms with E-state index in [1.807, 2.05) is 0 Å². The van der Waals surface area contributed by atoms with Gasteiger partial charge in [0.15, 0.2) is 9.84 Å². The van der Waals surface area contributed by atoms with Gasteiger partial charge in [-0.1, -0.05) is 36.4 Å². The first-order chi connectivity index (χ1) is 11.4. The number of nitrogens with zero attached hydrogens (tertiary/aromatic N) is 2. The first-order valence-electron chi connectivity index (χ1n) is 7.34. The van der Waals surface area contributed by atoms with Gasteiger partial charge >= 0.3 is 0 Å². The predicted octanol–water partition coefficient (Wildman–Crippen LogP) is 2.49. The van der Waals surface area contributed by atoms with Crippen LogP contribution in [0, 0.1) is 0 Å². The molecular weight excluding hydrogens is 348 g/mol. The summed E-state index contributed by atoms with van der Waals surface area (Å²) < 4.78 is 51.5. The van der Waals surface area contributed by atoms with Crippen molar-refractivity contribution in [3.8, 4) is 0 Å². The Labute approximate surface area is 141 Å². The van der Waals surface area contributed by atoms with E-state index < -0.39 is 30.3 Å². The highest BCUT2D eigenvalue weighted by molar-refractivity contribution is 7.96. The Morgan fingerprint density at radius 3 is 1.88 bits per heavy atom. The first-order valence-corrected chi connectivity index (χ1v) is 10.5. The lowest BCUT2D eigenvalue weighted by Crippen LogP contribution is -2.42. The van der Waals surface area contributed by atoms with Crippen LogP contribution in [-0.2, 0) is 19.7 Å². The van der Waals surface area contributed by atoms with Crippen molar-refractivity contribution < 1.29 is 16.8 Å². The van der Waals surface area contributed by atoms with Crippen LogP contribution in [0.3, 0.4) is 0 Å². The fourth-order valence-corrected chi connectivity index (χ4v) is 6.75. The molecule has 0 N–H and O–H groups in total. The van der Waals surface area contributed by atoms with E-state index in [9.17, 15) is 16.8 Å². The van der Waals surface area contributed by atoms with Crippen molar-refractivity contribution in [2.24, 2.45) is 10.2 Å². The molecule has 0 bridgehead atoms. The van der Waals surface area contributed by atoms with Crippen molar-refractivity contribution >= 4 is 19.7 Å². The summed E-state index contributed by atoms with van der Waals surface area (Å²) in [6.45, 7) is 0.191. The normalized spacial score (nSPS) is 21.0. The lowest BCUT2D eigenvalue weighted by Gasteiger charge is -2.24. The molecule has 2 aromatic carbocycles. The molecule has 1 heterocycles. The van der Waals surface area contributed by atoms with Crippen LogP contribution >= 0.6 is 0 Å². The Hall–Kier alpha value is -2.06. The molecule has 0 saturated heterocycles. The van der Waals surface area contributed by atoms with E-state index in [1.165, 1.54) is 24.3 Å². The summed E-state index contributed by atoms with van der Waals surface area (Å²) in [5, 5.41) is 7.67. The van der Waals surface area contributed by atoms with E-state index in [4.69, 9.17) is 0 Å². The molecule has 1 unspecified atom stereocenters. The van der Waals surface area contributed by atoms with Crippen LogP contribution in [0.5, 0.6) is 0 Å². The fourth-order valence-electron chi connectivity index (χ4n) is 2.65. The van der Waals surface area contributed by atoms with Crippen molar-refractivity contribution in [2.45, 2.75) is 21.1 Å². The molecule has 6 nitrogen and oxygen atoms in total. The smallest absolute Gasteiger partial charge is 0.207 e. The number of benzene rings is 2. The van der Waals surface area contributed by atoms with Gasteiger partial charge in [0.25, 0.3) is 0 Å². The van der Waals surface area contributed by atoms with Gasteiger partial charge in [-0.15, -0.1) is 0 Å². The summed E-state index contributed by atoms with van der Waals surface area (Å²) in [5.41, 5.74) is 0. The van der Waals surface area contributed by atoms with Gasteiger partial charge in [0.2, 0.25) is 14.7 Å². The van der Waals surface area contributed by atoms with E-state index in [-0.39, 0.29) is 22.8 Å². The van der Waals surface area contributed by atoms with Crippen LogP contribution in [0.25, 0.3) is 0 Å². The van der Waals surface area contributed by atoms with Crippen molar-refractivity contribution in [1.82, 2.24) is 0 Å². The van der Waals surface area contributed by atoms with E-state index in [0.29, 0.717) is 0 Å². The van der Waals surface area contributed by atoms with Gasteiger partial charge in [0, 0.05) is 6.42 Å². The Morgan fingerprint density at radius 1 is 0.833 bits per heavy atom. The Bertz CT molecular complexity index is 956. The van der Waals surface area contributed by atoms with E-state index in [1.54, 1.807) is 36.4 Å². The van der Waals surface area contributed by atoms with Crippen LogP contribution in [0.4, 0.5) is 0 Å². The van der Waals surface area contributed by atoms with Gasteiger partial charge in [-0.2, -0.15) is 10.2 Å². The molecule has 0 radical (unpaired) electrons. The Morgan fingerprint density at radius 2 is 1.38 bits per heavy atom. The standard InChI is InChI=1S/C16H16N2O4S2/c19-23(20,14-7-3-1-4-8-14)13-16(11-12-17-18-16)24(21,22)15-9-5-2-6-10-15/h1-10H,11-13H2. The zero-order chi connectivity index (χ0) is 17.3. The first kappa shape index (κ1) is 16.8. The zero-order valence-corrected chi connectivity index (χ0v) is 14.4.